The minimum atomic E-state index is 0.364. The highest BCUT2D eigenvalue weighted by atomic mass is 15.4. The lowest BCUT2D eigenvalue weighted by Crippen LogP contribution is -2.02. The van der Waals surface area contributed by atoms with Gasteiger partial charge in [-0.1, -0.05) is 12.1 Å². The standard InChI is InChI=1S/C8H12N4/c1-3-8-7(5-6-9)10-11-12(8)4-2/h3-5H2,1-2H3. The molecule has 0 N–H and O–H groups in total. The van der Waals surface area contributed by atoms with Gasteiger partial charge in [0.25, 0.3) is 0 Å². The van der Waals surface area contributed by atoms with E-state index < -0.39 is 0 Å². The summed E-state index contributed by atoms with van der Waals surface area (Å²) in [5, 5.41) is 16.4. The van der Waals surface area contributed by atoms with Gasteiger partial charge >= 0.3 is 0 Å². The van der Waals surface area contributed by atoms with E-state index in [4.69, 9.17) is 5.26 Å². The number of nitriles is 1. The van der Waals surface area contributed by atoms with Crippen LogP contribution in [0.5, 0.6) is 0 Å². The van der Waals surface area contributed by atoms with Gasteiger partial charge in [0.05, 0.1) is 23.9 Å². The predicted octanol–water partition coefficient (Wildman–Crippen LogP) is 0.926. The fourth-order valence-corrected chi connectivity index (χ4v) is 1.22. The van der Waals surface area contributed by atoms with E-state index in [-0.39, 0.29) is 0 Å². The monoisotopic (exact) mass is 164 g/mol. The lowest BCUT2D eigenvalue weighted by molar-refractivity contribution is 0.601. The summed E-state index contributed by atoms with van der Waals surface area (Å²) in [4.78, 5) is 0. The van der Waals surface area contributed by atoms with E-state index in [1.807, 2.05) is 18.5 Å². The molecule has 1 heterocycles. The maximum absolute atomic E-state index is 8.49. The summed E-state index contributed by atoms with van der Waals surface area (Å²) in [6, 6.07) is 2.08. The van der Waals surface area contributed by atoms with Crippen molar-refractivity contribution >= 4 is 0 Å². The first-order chi connectivity index (χ1) is 5.83. The number of hydrogen-bond donors (Lipinski definition) is 0. The molecular weight excluding hydrogens is 152 g/mol. The molecule has 0 amide bonds. The average Bonchev–Trinajstić information content (AvgIpc) is 2.47. The van der Waals surface area contributed by atoms with Crippen LogP contribution in [0.4, 0.5) is 0 Å². The highest BCUT2D eigenvalue weighted by Gasteiger charge is 2.08. The second-order valence-corrected chi connectivity index (χ2v) is 2.49. The van der Waals surface area contributed by atoms with E-state index in [0.717, 1.165) is 24.4 Å². The van der Waals surface area contributed by atoms with Crippen molar-refractivity contribution in [3.63, 3.8) is 0 Å². The first-order valence-electron chi connectivity index (χ1n) is 4.11. The number of hydrogen-bond acceptors (Lipinski definition) is 3. The van der Waals surface area contributed by atoms with Gasteiger partial charge in [0.2, 0.25) is 0 Å². The molecule has 1 aromatic heterocycles. The van der Waals surface area contributed by atoms with Crippen LogP contribution in [0.1, 0.15) is 25.2 Å². The van der Waals surface area contributed by atoms with Gasteiger partial charge in [0.15, 0.2) is 0 Å². The summed E-state index contributed by atoms with van der Waals surface area (Å²) in [7, 11) is 0. The van der Waals surface area contributed by atoms with Crippen LogP contribution in [0, 0.1) is 11.3 Å². The van der Waals surface area contributed by atoms with Crippen molar-refractivity contribution in [1.82, 2.24) is 15.0 Å². The number of aryl methyl sites for hydroxylation is 1. The van der Waals surface area contributed by atoms with Gasteiger partial charge in [-0.15, -0.1) is 5.10 Å². The van der Waals surface area contributed by atoms with Crippen molar-refractivity contribution in [3.05, 3.63) is 11.4 Å². The molecule has 0 aliphatic rings. The van der Waals surface area contributed by atoms with E-state index in [2.05, 4.69) is 16.4 Å². The van der Waals surface area contributed by atoms with Crippen LogP contribution in [0.2, 0.25) is 0 Å². The van der Waals surface area contributed by atoms with Crippen LogP contribution in [-0.2, 0) is 19.4 Å². The van der Waals surface area contributed by atoms with Crippen molar-refractivity contribution in [1.29, 1.82) is 5.26 Å². The summed E-state index contributed by atoms with van der Waals surface area (Å²) in [6.07, 6.45) is 1.25. The molecule has 0 spiro atoms. The fourth-order valence-electron chi connectivity index (χ4n) is 1.22. The van der Waals surface area contributed by atoms with Crippen LogP contribution in [0.15, 0.2) is 0 Å². The van der Waals surface area contributed by atoms with E-state index in [1.54, 1.807) is 0 Å². The molecule has 64 valence electrons. The Bertz CT molecular complexity index is 294. The Morgan fingerprint density at radius 3 is 2.75 bits per heavy atom. The van der Waals surface area contributed by atoms with Crippen molar-refractivity contribution in [2.75, 3.05) is 0 Å². The molecule has 0 saturated heterocycles. The van der Waals surface area contributed by atoms with Crippen LogP contribution in [0.3, 0.4) is 0 Å². The lowest BCUT2D eigenvalue weighted by Gasteiger charge is -1.99. The summed E-state index contributed by atoms with van der Waals surface area (Å²) in [6.45, 7) is 4.89. The zero-order valence-corrected chi connectivity index (χ0v) is 7.41. The van der Waals surface area contributed by atoms with Gasteiger partial charge in [0, 0.05) is 6.54 Å². The molecule has 1 aromatic rings. The van der Waals surface area contributed by atoms with Crippen molar-refractivity contribution < 1.29 is 0 Å². The SMILES string of the molecule is CCc1c(CC#N)nnn1CC. The Labute approximate surface area is 71.8 Å². The van der Waals surface area contributed by atoms with Crippen LogP contribution in [-0.4, -0.2) is 15.0 Å². The molecular formula is C8H12N4. The van der Waals surface area contributed by atoms with Crippen molar-refractivity contribution in [3.8, 4) is 6.07 Å². The Hall–Kier alpha value is -1.37. The van der Waals surface area contributed by atoms with Crippen molar-refractivity contribution in [2.45, 2.75) is 33.2 Å². The van der Waals surface area contributed by atoms with E-state index >= 15 is 0 Å². The Balaban J connectivity index is 2.98. The average molecular weight is 164 g/mol. The zero-order valence-electron chi connectivity index (χ0n) is 7.41. The molecule has 0 aromatic carbocycles. The normalized spacial score (nSPS) is 9.75. The van der Waals surface area contributed by atoms with Crippen LogP contribution < -0.4 is 0 Å². The lowest BCUT2D eigenvalue weighted by atomic mass is 10.2. The second kappa shape index (κ2) is 3.86. The smallest absolute Gasteiger partial charge is 0.0999 e. The summed E-state index contributed by atoms with van der Waals surface area (Å²) in [5.74, 6) is 0. The van der Waals surface area contributed by atoms with Crippen LogP contribution >= 0.6 is 0 Å². The minimum absolute atomic E-state index is 0.364. The molecule has 0 radical (unpaired) electrons. The molecule has 0 fully saturated rings. The third kappa shape index (κ3) is 1.45. The highest BCUT2D eigenvalue weighted by molar-refractivity contribution is 5.13. The third-order valence-electron chi connectivity index (χ3n) is 1.80. The molecule has 0 aliphatic carbocycles. The Morgan fingerprint density at radius 1 is 1.50 bits per heavy atom. The molecule has 4 nitrogen and oxygen atoms in total. The molecule has 0 saturated carbocycles. The Morgan fingerprint density at radius 2 is 2.25 bits per heavy atom. The van der Waals surface area contributed by atoms with Crippen molar-refractivity contribution in [2.24, 2.45) is 0 Å². The molecule has 4 heteroatoms. The van der Waals surface area contributed by atoms with E-state index in [0.29, 0.717) is 6.42 Å². The number of nitrogens with zero attached hydrogens (tertiary/aromatic N) is 4. The van der Waals surface area contributed by atoms with E-state index in [1.165, 1.54) is 0 Å². The largest absolute Gasteiger partial charge is 0.249 e. The number of rotatable bonds is 3. The van der Waals surface area contributed by atoms with Gasteiger partial charge in [-0.25, -0.2) is 4.68 Å². The molecule has 0 atom stereocenters. The first-order valence-corrected chi connectivity index (χ1v) is 4.11. The Kier molecular flexibility index (Phi) is 2.81. The van der Waals surface area contributed by atoms with Gasteiger partial charge in [-0.2, -0.15) is 5.26 Å². The van der Waals surface area contributed by atoms with E-state index in [9.17, 15) is 0 Å². The second-order valence-electron chi connectivity index (χ2n) is 2.49. The molecule has 0 bridgehead atoms. The van der Waals surface area contributed by atoms with Gasteiger partial charge in [-0.3, -0.25) is 0 Å². The summed E-state index contributed by atoms with van der Waals surface area (Å²) in [5.41, 5.74) is 1.90. The van der Waals surface area contributed by atoms with Crippen LogP contribution in [0.25, 0.3) is 0 Å². The summed E-state index contributed by atoms with van der Waals surface area (Å²) >= 11 is 0. The first kappa shape index (κ1) is 8.72. The minimum Gasteiger partial charge on any atom is -0.249 e. The quantitative estimate of drug-likeness (QED) is 0.667. The molecule has 0 aliphatic heterocycles. The number of aromatic nitrogens is 3. The maximum Gasteiger partial charge on any atom is 0.0999 e. The topological polar surface area (TPSA) is 54.5 Å². The predicted molar refractivity (Wildman–Crippen MR) is 44.4 cm³/mol. The fraction of sp³-hybridized carbons (Fsp3) is 0.625. The third-order valence-corrected chi connectivity index (χ3v) is 1.80. The van der Waals surface area contributed by atoms with Gasteiger partial charge in [0.1, 0.15) is 0 Å². The maximum atomic E-state index is 8.49. The molecule has 1 rings (SSSR count). The molecule has 0 unspecified atom stereocenters. The summed E-state index contributed by atoms with van der Waals surface area (Å²) < 4.78 is 1.84. The van der Waals surface area contributed by atoms with Gasteiger partial charge in [-0.05, 0) is 13.3 Å². The zero-order chi connectivity index (χ0) is 8.97. The van der Waals surface area contributed by atoms with Gasteiger partial charge < -0.3 is 0 Å². The molecule has 12 heavy (non-hydrogen) atoms. The highest BCUT2D eigenvalue weighted by Crippen LogP contribution is 2.06.